The molecule has 1 aromatic heterocycles. The third-order valence-electron chi connectivity index (χ3n) is 7.23. The van der Waals surface area contributed by atoms with Crippen LogP contribution >= 0.6 is 0 Å². The lowest BCUT2D eigenvalue weighted by molar-refractivity contribution is -0.340. The van der Waals surface area contributed by atoms with Crippen molar-refractivity contribution in [2.45, 2.75) is 44.8 Å². The second-order valence-corrected chi connectivity index (χ2v) is 10.1. The van der Waals surface area contributed by atoms with Crippen LogP contribution in [0.25, 0.3) is 11.1 Å². The number of pyridine rings is 1. The van der Waals surface area contributed by atoms with Gasteiger partial charge >= 0.3 is 12.4 Å². The third kappa shape index (κ3) is 6.94. The van der Waals surface area contributed by atoms with Crippen molar-refractivity contribution in [1.29, 1.82) is 0 Å². The van der Waals surface area contributed by atoms with Gasteiger partial charge in [-0.15, -0.1) is 13.2 Å². The van der Waals surface area contributed by atoms with E-state index >= 15 is 0 Å². The van der Waals surface area contributed by atoms with Gasteiger partial charge in [0.2, 0.25) is 5.88 Å². The summed E-state index contributed by atoms with van der Waals surface area (Å²) in [6.07, 6.45) is -2.71. The summed E-state index contributed by atoms with van der Waals surface area (Å²) >= 11 is 0. The highest BCUT2D eigenvalue weighted by molar-refractivity contribution is 5.91. The van der Waals surface area contributed by atoms with Crippen molar-refractivity contribution in [3.8, 4) is 17.0 Å². The highest BCUT2D eigenvalue weighted by atomic mass is 19.4. The van der Waals surface area contributed by atoms with Gasteiger partial charge in [-0.05, 0) is 42.7 Å². The van der Waals surface area contributed by atoms with E-state index in [1.807, 2.05) is 6.07 Å². The number of hydrogen-bond donors (Lipinski definition) is 1. The zero-order valence-electron chi connectivity index (χ0n) is 22.1. The summed E-state index contributed by atoms with van der Waals surface area (Å²) in [7, 11) is 0. The average molecular weight is 569 g/mol. The Hall–Kier alpha value is -3.16. The number of urea groups is 1. The molecule has 0 unspecified atom stereocenters. The van der Waals surface area contributed by atoms with Gasteiger partial charge in [-0.3, -0.25) is 4.74 Å². The Bertz CT molecular complexity index is 1200. The number of likely N-dealkylation sites (tertiary alicyclic amines) is 1. The molecule has 0 aliphatic carbocycles. The van der Waals surface area contributed by atoms with Crippen LogP contribution in [0.15, 0.2) is 24.4 Å². The molecule has 3 fully saturated rings. The fourth-order valence-electron chi connectivity index (χ4n) is 5.13. The molecular formula is C27H32F4N4O5. The number of carbonyl (C=O) groups is 1. The van der Waals surface area contributed by atoms with Crippen LogP contribution in [-0.4, -0.2) is 87.1 Å². The SMILES string of the molecule is Cc1cc(F)c(NC(=O)N2CC[C@H](OC(F)(F)F)C2)cc1-c1cnc(OC2CCOCC2)c(N2CCOCC2)c1. The smallest absolute Gasteiger partial charge is 0.473 e. The fraction of sp³-hybridized carbons (Fsp3) is 0.556. The summed E-state index contributed by atoms with van der Waals surface area (Å²) in [5.41, 5.74) is 2.70. The highest BCUT2D eigenvalue weighted by Crippen LogP contribution is 2.36. The maximum Gasteiger partial charge on any atom is 0.522 e. The second-order valence-electron chi connectivity index (χ2n) is 10.1. The summed E-state index contributed by atoms with van der Waals surface area (Å²) < 4.78 is 73.8. The lowest BCUT2D eigenvalue weighted by Gasteiger charge is -2.31. The van der Waals surface area contributed by atoms with Crippen LogP contribution in [0.2, 0.25) is 0 Å². The van der Waals surface area contributed by atoms with Crippen molar-refractivity contribution < 1.29 is 41.3 Å². The third-order valence-corrected chi connectivity index (χ3v) is 7.23. The first-order valence-electron chi connectivity index (χ1n) is 13.3. The number of amides is 2. The van der Waals surface area contributed by atoms with Crippen LogP contribution < -0.4 is 15.0 Å². The number of anilines is 2. The number of ether oxygens (including phenoxy) is 4. The Kier molecular flexibility index (Phi) is 8.62. The molecule has 1 atom stereocenters. The number of nitrogens with one attached hydrogen (secondary N) is 1. The minimum Gasteiger partial charge on any atom is -0.473 e. The van der Waals surface area contributed by atoms with Gasteiger partial charge in [0.15, 0.2) is 0 Å². The molecule has 9 nitrogen and oxygen atoms in total. The molecule has 4 heterocycles. The van der Waals surface area contributed by atoms with Gasteiger partial charge < -0.3 is 29.3 Å². The number of nitrogens with zero attached hydrogens (tertiary/aromatic N) is 3. The van der Waals surface area contributed by atoms with E-state index in [2.05, 4.69) is 19.9 Å². The number of rotatable bonds is 6. The standard InChI is InChI=1S/C27H32F4N4O5/c1-17-12-22(28)23(33-26(36)35-5-2-20(16-35)40-27(29,30)31)14-21(17)18-13-24(34-6-10-38-11-7-34)25(32-15-18)39-19-3-8-37-9-4-19/h12-15,19-20H,2-11,16H2,1H3,(H,33,36)/t20-/m0/s1. The first-order valence-corrected chi connectivity index (χ1v) is 13.3. The molecule has 1 N–H and O–H groups in total. The van der Waals surface area contributed by atoms with E-state index in [4.69, 9.17) is 14.2 Å². The van der Waals surface area contributed by atoms with Crippen molar-refractivity contribution in [3.63, 3.8) is 0 Å². The Labute approximate surface area is 229 Å². The zero-order valence-corrected chi connectivity index (χ0v) is 22.1. The van der Waals surface area contributed by atoms with E-state index in [1.54, 1.807) is 13.1 Å². The topological polar surface area (TPSA) is 85.4 Å². The van der Waals surface area contributed by atoms with Gasteiger partial charge in [0.25, 0.3) is 0 Å². The number of hydrogen-bond acceptors (Lipinski definition) is 7. The summed E-state index contributed by atoms with van der Waals surface area (Å²) in [5, 5.41) is 2.51. The first kappa shape index (κ1) is 28.4. The Balaban J connectivity index is 1.37. The molecular weight excluding hydrogens is 536 g/mol. The molecule has 0 saturated carbocycles. The number of halogens is 4. The number of morpholine rings is 1. The van der Waals surface area contributed by atoms with E-state index in [0.717, 1.165) is 18.5 Å². The largest absolute Gasteiger partial charge is 0.522 e. The Morgan fingerprint density at radius 3 is 2.48 bits per heavy atom. The molecule has 2 amide bonds. The molecule has 40 heavy (non-hydrogen) atoms. The Morgan fingerprint density at radius 2 is 1.75 bits per heavy atom. The minimum atomic E-state index is -4.78. The monoisotopic (exact) mass is 568 g/mol. The average Bonchev–Trinajstić information content (AvgIpc) is 3.39. The molecule has 3 aliphatic heterocycles. The summed E-state index contributed by atoms with van der Waals surface area (Å²) in [4.78, 5) is 20.7. The maximum atomic E-state index is 14.9. The van der Waals surface area contributed by atoms with E-state index in [-0.39, 0.29) is 31.3 Å². The molecule has 5 rings (SSSR count). The van der Waals surface area contributed by atoms with E-state index < -0.39 is 24.3 Å². The van der Waals surface area contributed by atoms with Crippen molar-refractivity contribution in [1.82, 2.24) is 9.88 Å². The van der Waals surface area contributed by atoms with Gasteiger partial charge in [-0.25, -0.2) is 14.2 Å². The van der Waals surface area contributed by atoms with Crippen molar-refractivity contribution >= 4 is 17.4 Å². The Morgan fingerprint density at radius 1 is 1.02 bits per heavy atom. The van der Waals surface area contributed by atoms with Crippen molar-refractivity contribution in [3.05, 3.63) is 35.8 Å². The molecule has 0 bridgehead atoms. The van der Waals surface area contributed by atoms with Gasteiger partial charge in [-0.1, -0.05) is 0 Å². The molecule has 0 radical (unpaired) electrons. The number of carbonyl (C=O) groups excluding carboxylic acids is 1. The van der Waals surface area contributed by atoms with Gasteiger partial charge in [0.05, 0.1) is 38.2 Å². The normalized spacial score (nSPS) is 20.6. The predicted molar refractivity (Wildman–Crippen MR) is 138 cm³/mol. The maximum absolute atomic E-state index is 14.9. The number of aromatic nitrogens is 1. The summed E-state index contributed by atoms with van der Waals surface area (Å²) in [6, 6.07) is 4.07. The van der Waals surface area contributed by atoms with Crippen LogP contribution in [0.1, 0.15) is 24.8 Å². The number of aryl methyl sites for hydroxylation is 1. The molecule has 1 aromatic carbocycles. The van der Waals surface area contributed by atoms with Gasteiger partial charge in [0.1, 0.15) is 17.6 Å². The lowest BCUT2D eigenvalue weighted by atomic mass is 10.00. The van der Waals surface area contributed by atoms with Gasteiger partial charge in [-0.2, -0.15) is 0 Å². The van der Waals surface area contributed by atoms with Crippen LogP contribution in [0.3, 0.4) is 0 Å². The summed E-state index contributed by atoms with van der Waals surface area (Å²) in [6.45, 7) is 5.29. The molecule has 3 saturated heterocycles. The number of alkyl halides is 3. The second kappa shape index (κ2) is 12.1. The van der Waals surface area contributed by atoms with Crippen LogP contribution in [0.4, 0.5) is 33.7 Å². The van der Waals surface area contributed by atoms with E-state index in [9.17, 15) is 22.4 Å². The molecule has 13 heteroatoms. The van der Waals surface area contributed by atoms with Crippen LogP contribution in [-0.2, 0) is 14.2 Å². The predicted octanol–water partition coefficient (Wildman–Crippen LogP) is 4.73. The van der Waals surface area contributed by atoms with E-state index in [0.29, 0.717) is 62.1 Å². The van der Waals surface area contributed by atoms with E-state index in [1.165, 1.54) is 17.0 Å². The minimum absolute atomic E-state index is 0.00650. The highest BCUT2D eigenvalue weighted by Gasteiger charge is 2.38. The zero-order chi connectivity index (χ0) is 28.3. The molecule has 2 aromatic rings. The summed E-state index contributed by atoms with van der Waals surface area (Å²) in [5.74, 6) is -0.145. The quantitative estimate of drug-likeness (QED) is 0.505. The molecule has 3 aliphatic rings. The van der Waals surface area contributed by atoms with Crippen LogP contribution in [0, 0.1) is 12.7 Å². The number of benzene rings is 1. The van der Waals surface area contributed by atoms with Gasteiger partial charge in [0, 0.05) is 50.8 Å². The van der Waals surface area contributed by atoms with Crippen molar-refractivity contribution in [2.24, 2.45) is 0 Å². The molecule has 0 spiro atoms. The fourth-order valence-corrected chi connectivity index (χ4v) is 5.13. The lowest BCUT2D eigenvalue weighted by Crippen LogP contribution is -2.37. The first-order chi connectivity index (χ1) is 19.2. The molecule has 218 valence electrons. The van der Waals surface area contributed by atoms with Crippen LogP contribution in [0.5, 0.6) is 5.88 Å². The van der Waals surface area contributed by atoms with Crippen molar-refractivity contribution in [2.75, 3.05) is 62.8 Å².